The molecule has 0 spiro atoms. The van der Waals surface area contributed by atoms with Crippen LogP contribution in [0.4, 0.5) is 0 Å². The molecule has 0 aliphatic rings. The third-order valence-electron chi connectivity index (χ3n) is 11.7. The molecule has 0 radical (unpaired) electrons. The van der Waals surface area contributed by atoms with Crippen molar-refractivity contribution in [1.82, 2.24) is 5.32 Å². The molecular formula is C52H99NO5. The van der Waals surface area contributed by atoms with Gasteiger partial charge in [-0.2, -0.15) is 0 Å². The maximum Gasteiger partial charge on any atom is 0.305 e. The van der Waals surface area contributed by atoms with Gasteiger partial charge in [0.25, 0.3) is 0 Å². The first-order chi connectivity index (χ1) is 28.5. The summed E-state index contributed by atoms with van der Waals surface area (Å²) in [5.41, 5.74) is 0. The van der Waals surface area contributed by atoms with Crippen LogP contribution < -0.4 is 5.32 Å². The van der Waals surface area contributed by atoms with Crippen molar-refractivity contribution in [1.29, 1.82) is 0 Å². The van der Waals surface area contributed by atoms with Gasteiger partial charge < -0.3 is 20.3 Å². The van der Waals surface area contributed by atoms with Gasteiger partial charge in [0.05, 0.1) is 25.4 Å². The zero-order valence-corrected chi connectivity index (χ0v) is 38.8. The van der Waals surface area contributed by atoms with Crippen molar-refractivity contribution in [3.8, 4) is 0 Å². The summed E-state index contributed by atoms with van der Waals surface area (Å²) >= 11 is 0. The summed E-state index contributed by atoms with van der Waals surface area (Å²) in [6, 6.07) is -0.646. The van der Waals surface area contributed by atoms with E-state index in [0.29, 0.717) is 19.4 Å². The molecule has 0 heterocycles. The van der Waals surface area contributed by atoms with Crippen LogP contribution in [0.3, 0.4) is 0 Å². The third kappa shape index (κ3) is 43.9. The lowest BCUT2D eigenvalue weighted by Gasteiger charge is -2.19. The first-order valence-corrected chi connectivity index (χ1v) is 25.6. The predicted molar refractivity (Wildman–Crippen MR) is 250 cm³/mol. The standard InChI is InChI=1S/C52H99NO5/c1-3-5-7-9-11-13-15-16-17-18-19-22-26-30-34-38-42-46-52(57)58-47-43-39-35-31-27-23-20-21-25-29-33-37-41-45-51(56)53-49(48-54)50(55)44-40-36-32-28-24-14-12-10-8-6-4-2/h21,25,40,44,49-50,54-55H,3-20,22-24,26-39,41-43,45-48H2,1-2H3,(H,53,56)/b25-21-,44-40+. The molecule has 0 bridgehead atoms. The lowest BCUT2D eigenvalue weighted by molar-refractivity contribution is -0.143. The number of esters is 1. The minimum absolute atomic E-state index is 0.0107. The fourth-order valence-electron chi connectivity index (χ4n) is 7.74. The zero-order chi connectivity index (χ0) is 42.3. The number of unbranched alkanes of at least 4 members (excludes halogenated alkanes) is 34. The van der Waals surface area contributed by atoms with Crippen molar-refractivity contribution in [3.63, 3.8) is 0 Å². The molecule has 0 saturated carbocycles. The third-order valence-corrected chi connectivity index (χ3v) is 11.7. The summed E-state index contributed by atoms with van der Waals surface area (Å²) in [6.07, 6.45) is 56.1. The number of carbonyl (C=O) groups is 2. The highest BCUT2D eigenvalue weighted by atomic mass is 16.5. The number of ether oxygens (including phenoxy) is 1. The fraction of sp³-hybridized carbons (Fsp3) is 0.885. The summed E-state index contributed by atoms with van der Waals surface area (Å²) in [5.74, 6) is -0.110. The van der Waals surface area contributed by atoms with Crippen LogP contribution in [-0.2, 0) is 14.3 Å². The van der Waals surface area contributed by atoms with Crippen LogP contribution in [0.2, 0.25) is 0 Å². The van der Waals surface area contributed by atoms with Crippen LogP contribution in [0.5, 0.6) is 0 Å². The average molecular weight is 818 g/mol. The first-order valence-electron chi connectivity index (χ1n) is 25.6. The van der Waals surface area contributed by atoms with Gasteiger partial charge in [0.2, 0.25) is 5.91 Å². The van der Waals surface area contributed by atoms with Crippen LogP contribution >= 0.6 is 0 Å². The lowest BCUT2D eigenvalue weighted by atomic mass is 10.0. The van der Waals surface area contributed by atoms with E-state index in [1.807, 2.05) is 6.08 Å². The second-order valence-corrected chi connectivity index (χ2v) is 17.5. The van der Waals surface area contributed by atoms with E-state index in [0.717, 1.165) is 70.6 Å². The number of aliphatic hydroxyl groups excluding tert-OH is 2. The Balaban J connectivity index is 3.48. The summed E-state index contributed by atoms with van der Waals surface area (Å²) < 4.78 is 5.46. The van der Waals surface area contributed by atoms with Crippen LogP contribution in [0.15, 0.2) is 24.3 Å². The number of amides is 1. The van der Waals surface area contributed by atoms with Crippen LogP contribution in [0, 0.1) is 0 Å². The van der Waals surface area contributed by atoms with E-state index in [-0.39, 0.29) is 18.5 Å². The molecular weight excluding hydrogens is 719 g/mol. The fourth-order valence-corrected chi connectivity index (χ4v) is 7.74. The van der Waals surface area contributed by atoms with Gasteiger partial charge in [-0.05, 0) is 57.8 Å². The van der Waals surface area contributed by atoms with E-state index in [2.05, 4.69) is 31.3 Å². The molecule has 0 aromatic rings. The van der Waals surface area contributed by atoms with Crippen LogP contribution in [0.25, 0.3) is 0 Å². The molecule has 0 aromatic heterocycles. The van der Waals surface area contributed by atoms with Crippen LogP contribution in [-0.4, -0.2) is 47.4 Å². The largest absolute Gasteiger partial charge is 0.466 e. The van der Waals surface area contributed by atoms with Crippen LogP contribution in [0.1, 0.15) is 271 Å². The van der Waals surface area contributed by atoms with Crippen molar-refractivity contribution in [2.45, 2.75) is 283 Å². The zero-order valence-electron chi connectivity index (χ0n) is 38.8. The molecule has 342 valence electrons. The molecule has 6 heteroatoms. The molecule has 0 aromatic carbocycles. The molecule has 3 N–H and O–H groups in total. The van der Waals surface area contributed by atoms with Crippen molar-refractivity contribution < 1.29 is 24.5 Å². The van der Waals surface area contributed by atoms with Gasteiger partial charge in [-0.25, -0.2) is 0 Å². The number of rotatable bonds is 47. The number of hydrogen-bond acceptors (Lipinski definition) is 5. The Hall–Kier alpha value is -1.66. The number of aliphatic hydroxyl groups is 2. The minimum atomic E-state index is -0.859. The number of hydrogen-bond donors (Lipinski definition) is 3. The highest BCUT2D eigenvalue weighted by Crippen LogP contribution is 2.16. The SMILES string of the molecule is CCCCCCCCCCC/C=C/C(O)C(CO)NC(=O)CCCCC/C=C\CCCCCCCCOC(=O)CCCCCCCCCCCCCCCCCCC. The van der Waals surface area contributed by atoms with Gasteiger partial charge in [0.15, 0.2) is 0 Å². The van der Waals surface area contributed by atoms with Gasteiger partial charge in [-0.15, -0.1) is 0 Å². The van der Waals surface area contributed by atoms with E-state index in [1.165, 1.54) is 173 Å². The van der Waals surface area contributed by atoms with Gasteiger partial charge in [0, 0.05) is 12.8 Å². The molecule has 2 unspecified atom stereocenters. The molecule has 0 rings (SSSR count). The van der Waals surface area contributed by atoms with Gasteiger partial charge in [0.1, 0.15) is 0 Å². The smallest absolute Gasteiger partial charge is 0.305 e. The Kier molecular flexibility index (Phi) is 46.6. The van der Waals surface area contributed by atoms with Gasteiger partial charge in [-0.3, -0.25) is 9.59 Å². The molecule has 0 saturated heterocycles. The Morgan fingerprint density at radius 2 is 0.810 bits per heavy atom. The second-order valence-electron chi connectivity index (χ2n) is 17.5. The predicted octanol–water partition coefficient (Wildman–Crippen LogP) is 15.1. The highest BCUT2D eigenvalue weighted by molar-refractivity contribution is 5.76. The maximum absolute atomic E-state index is 12.4. The molecule has 6 nitrogen and oxygen atoms in total. The quantitative estimate of drug-likeness (QED) is 0.0323. The van der Waals surface area contributed by atoms with E-state index < -0.39 is 12.1 Å². The van der Waals surface area contributed by atoms with E-state index in [1.54, 1.807) is 6.08 Å². The first kappa shape index (κ1) is 56.3. The topological polar surface area (TPSA) is 95.9 Å². The maximum atomic E-state index is 12.4. The molecule has 2 atom stereocenters. The number of nitrogens with one attached hydrogen (secondary N) is 1. The lowest BCUT2D eigenvalue weighted by Crippen LogP contribution is -2.45. The Bertz CT molecular complexity index is 904. The number of carbonyl (C=O) groups excluding carboxylic acids is 2. The average Bonchev–Trinajstić information content (AvgIpc) is 3.22. The number of allylic oxidation sites excluding steroid dienone is 3. The molecule has 58 heavy (non-hydrogen) atoms. The minimum Gasteiger partial charge on any atom is -0.466 e. The molecule has 0 aliphatic heterocycles. The summed E-state index contributed by atoms with van der Waals surface area (Å²) in [5, 5.41) is 22.9. The second kappa shape index (κ2) is 48.0. The van der Waals surface area contributed by atoms with Crippen molar-refractivity contribution >= 4 is 11.9 Å². The van der Waals surface area contributed by atoms with Crippen molar-refractivity contribution in [3.05, 3.63) is 24.3 Å². The Morgan fingerprint density at radius 1 is 0.466 bits per heavy atom. The van der Waals surface area contributed by atoms with E-state index >= 15 is 0 Å². The Morgan fingerprint density at radius 3 is 1.24 bits per heavy atom. The summed E-state index contributed by atoms with van der Waals surface area (Å²) in [7, 11) is 0. The Labute approximate surface area is 361 Å². The van der Waals surface area contributed by atoms with Gasteiger partial charge >= 0.3 is 5.97 Å². The molecule has 0 fully saturated rings. The monoisotopic (exact) mass is 818 g/mol. The summed E-state index contributed by atoms with van der Waals surface area (Å²) in [4.78, 5) is 24.4. The van der Waals surface area contributed by atoms with Gasteiger partial charge in [-0.1, -0.05) is 224 Å². The highest BCUT2D eigenvalue weighted by Gasteiger charge is 2.18. The summed E-state index contributed by atoms with van der Waals surface area (Å²) in [6.45, 7) is 4.85. The van der Waals surface area contributed by atoms with Crippen molar-refractivity contribution in [2.24, 2.45) is 0 Å². The molecule has 0 aliphatic carbocycles. The molecule has 1 amide bonds. The normalized spacial score (nSPS) is 12.8. The van der Waals surface area contributed by atoms with E-state index in [9.17, 15) is 19.8 Å². The van der Waals surface area contributed by atoms with E-state index in [4.69, 9.17) is 4.74 Å². The van der Waals surface area contributed by atoms with Crippen molar-refractivity contribution in [2.75, 3.05) is 13.2 Å².